The lowest BCUT2D eigenvalue weighted by Gasteiger charge is -2.23. The van der Waals surface area contributed by atoms with Crippen molar-refractivity contribution in [2.24, 2.45) is 0 Å². The van der Waals surface area contributed by atoms with Crippen LogP contribution in [0.3, 0.4) is 0 Å². The molecule has 0 aromatic rings. The van der Waals surface area contributed by atoms with Gasteiger partial charge < -0.3 is 10.1 Å². The van der Waals surface area contributed by atoms with Gasteiger partial charge in [0.2, 0.25) is 0 Å². The maximum Gasteiger partial charge on any atom is 0.0671 e. The Morgan fingerprint density at radius 3 is 2.18 bits per heavy atom. The van der Waals surface area contributed by atoms with E-state index in [2.05, 4.69) is 39.9 Å². The zero-order valence-corrected chi connectivity index (χ0v) is 12.6. The van der Waals surface area contributed by atoms with E-state index < -0.39 is 0 Å². The predicted octanol–water partition coefficient (Wildman–Crippen LogP) is 4.14. The van der Waals surface area contributed by atoms with E-state index in [4.69, 9.17) is 4.74 Å². The van der Waals surface area contributed by atoms with Crippen molar-refractivity contribution in [1.29, 1.82) is 0 Å². The Kier molecular flexibility index (Phi) is 9.85. The quantitative estimate of drug-likeness (QED) is 0.582. The van der Waals surface area contributed by atoms with Gasteiger partial charge in [0.25, 0.3) is 0 Å². The second-order valence-electron chi connectivity index (χ2n) is 6.08. The third-order valence-electron chi connectivity index (χ3n) is 2.82. The first-order valence-corrected chi connectivity index (χ1v) is 7.32. The summed E-state index contributed by atoms with van der Waals surface area (Å²) in [5, 5.41) is 3.47. The van der Waals surface area contributed by atoms with Crippen LogP contribution in [0.1, 0.15) is 73.1 Å². The molecule has 0 aliphatic heterocycles. The molecule has 2 nitrogen and oxygen atoms in total. The van der Waals surface area contributed by atoms with Crippen LogP contribution in [0.4, 0.5) is 0 Å². The smallest absolute Gasteiger partial charge is 0.0671 e. The number of hydrogen-bond donors (Lipinski definition) is 1. The Balaban J connectivity index is 3.25. The van der Waals surface area contributed by atoms with E-state index in [1.165, 1.54) is 38.5 Å². The Labute approximate surface area is 109 Å². The summed E-state index contributed by atoms with van der Waals surface area (Å²) in [7, 11) is 0. The van der Waals surface area contributed by atoms with Crippen molar-refractivity contribution in [2.45, 2.75) is 84.8 Å². The van der Waals surface area contributed by atoms with Crippen molar-refractivity contribution in [3.05, 3.63) is 0 Å². The fourth-order valence-electron chi connectivity index (χ4n) is 1.68. The largest absolute Gasteiger partial charge is 0.377 e. The molecule has 104 valence electrons. The molecule has 0 bridgehead atoms. The van der Waals surface area contributed by atoms with E-state index in [1.54, 1.807) is 0 Å². The van der Waals surface area contributed by atoms with E-state index in [0.717, 1.165) is 13.2 Å². The molecular formula is C15H33NO. The van der Waals surface area contributed by atoms with Crippen molar-refractivity contribution in [3.63, 3.8) is 0 Å². The van der Waals surface area contributed by atoms with Crippen LogP contribution >= 0.6 is 0 Å². The zero-order valence-electron chi connectivity index (χ0n) is 12.6. The summed E-state index contributed by atoms with van der Waals surface area (Å²) in [4.78, 5) is 0. The van der Waals surface area contributed by atoms with E-state index >= 15 is 0 Å². The topological polar surface area (TPSA) is 21.3 Å². The van der Waals surface area contributed by atoms with Gasteiger partial charge in [-0.1, -0.05) is 39.0 Å². The molecule has 0 radical (unpaired) electrons. The van der Waals surface area contributed by atoms with Crippen LogP contribution in [0.15, 0.2) is 0 Å². The van der Waals surface area contributed by atoms with Gasteiger partial charge in [0.05, 0.1) is 6.10 Å². The van der Waals surface area contributed by atoms with E-state index in [0.29, 0.717) is 6.10 Å². The molecule has 0 rings (SSSR count). The Morgan fingerprint density at radius 1 is 1.00 bits per heavy atom. The molecule has 0 saturated heterocycles. The average Bonchev–Trinajstić information content (AvgIpc) is 2.24. The molecule has 0 aromatic heterocycles. The molecule has 0 saturated carbocycles. The summed E-state index contributed by atoms with van der Waals surface area (Å²) in [5.41, 5.74) is 0.192. The highest BCUT2D eigenvalue weighted by atomic mass is 16.5. The van der Waals surface area contributed by atoms with Gasteiger partial charge in [0, 0.05) is 18.7 Å². The van der Waals surface area contributed by atoms with Crippen LogP contribution < -0.4 is 5.32 Å². The molecule has 0 aliphatic rings. The van der Waals surface area contributed by atoms with E-state index in [1.807, 2.05) is 0 Å². The molecule has 0 aromatic carbocycles. The second kappa shape index (κ2) is 9.90. The zero-order chi connectivity index (χ0) is 13.1. The van der Waals surface area contributed by atoms with E-state index in [9.17, 15) is 0 Å². The van der Waals surface area contributed by atoms with Gasteiger partial charge in [-0.2, -0.15) is 0 Å². The molecule has 2 heteroatoms. The average molecular weight is 243 g/mol. The summed E-state index contributed by atoms with van der Waals surface area (Å²) >= 11 is 0. The molecule has 17 heavy (non-hydrogen) atoms. The van der Waals surface area contributed by atoms with Crippen LogP contribution in [0.25, 0.3) is 0 Å². The van der Waals surface area contributed by atoms with Crippen molar-refractivity contribution in [3.8, 4) is 0 Å². The summed E-state index contributed by atoms with van der Waals surface area (Å²) in [6.45, 7) is 12.8. The Morgan fingerprint density at radius 2 is 1.59 bits per heavy atom. The van der Waals surface area contributed by atoms with Gasteiger partial charge >= 0.3 is 0 Å². The SMILES string of the molecule is CCCCCCCCOC(C)CNC(C)(C)C. The molecule has 0 aliphatic carbocycles. The first-order valence-electron chi connectivity index (χ1n) is 7.32. The van der Waals surface area contributed by atoms with Gasteiger partial charge in [-0.3, -0.25) is 0 Å². The molecular weight excluding hydrogens is 210 g/mol. The lowest BCUT2D eigenvalue weighted by Crippen LogP contribution is -2.40. The Hall–Kier alpha value is -0.0800. The lowest BCUT2D eigenvalue weighted by atomic mass is 10.1. The van der Waals surface area contributed by atoms with E-state index in [-0.39, 0.29) is 5.54 Å². The number of rotatable bonds is 10. The molecule has 1 atom stereocenters. The highest BCUT2D eigenvalue weighted by Gasteiger charge is 2.10. The summed E-state index contributed by atoms with van der Waals surface area (Å²) in [5.74, 6) is 0. The summed E-state index contributed by atoms with van der Waals surface area (Å²) in [6.07, 6.45) is 8.32. The maximum absolute atomic E-state index is 5.78. The van der Waals surface area contributed by atoms with Gasteiger partial charge in [0.1, 0.15) is 0 Å². The van der Waals surface area contributed by atoms with Crippen molar-refractivity contribution in [2.75, 3.05) is 13.2 Å². The van der Waals surface area contributed by atoms with Crippen LogP contribution in [0, 0.1) is 0 Å². The van der Waals surface area contributed by atoms with Gasteiger partial charge in [-0.25, -0.2) is 0 Å². The Bertz CT molecular complexity index is 163. The fourth-order valence-corrected chi connectivity index (χ4v) is 1.68. The molecule has 0 amide bonds. The van der Waals surface area contributed by atoms with Crippen molar-refractivity contribution >= 4 is 0 Å². The van der Waals surface area contributed by atoms with Crippen LogP contribution in [-0.2, 0) is 4.74 Å². The third-order valence-corrected chi connectivity index (χ3v) is 2.82. The molecule has 0 heterocycles. The first kappa shape index (κ1) is 16.9. The van der Waals surface area contributed by atoms with Crippen LogP contribution in [-0.4, -0.2) is 24.8 Å². The van der Waals surface area contributed by atoms with Gasteiger partial charge in [-0.05, 0) is 34.1 Å². The van der Waals surface area contributed by atoms with Gasteiger partial charge in [0.15, 0.2) is 0 Å². The highest BCUT2D eigenvalue weighted by Crippen LogP contribution is 2.06. The number of nitrogens with one attached hydrogen (secondary N) is 1. The van der Waals surface area contributed by atoms with Crippen molar-refractivity contribution < 1.29 is 4.74 Å². The van der Waals surface area contributed by atoms with Gasteiger partial charge in [-0.15, -0.1) is 0 Å². The highest BCUT2D eigenvalue weighted by molar-refractivity contribution is 4.71. The predicted molar refractivity (Wildman–Crippen MR) is 76.5 cm³/mol. The molecule has 0 spiro atoms. The van der Waals surface area contributed by atoms with Crippen LogP contribution in [0.5, 0.6) is 0 Å². The minimum Gasteiger partial charge on any atom is -0.377 e. The number of hydrogen-bond acceptors (Lipinski definition) is 2. The fraction of sp³-hybridized carbons (Fsp3) is 1.00. The van der Waals surface area contributed by atoms with Crippen LogP contribution in [0.2, 0.25) is 0 Å². The molecule has 1 unspecified atom stereocenters. The summed E-state index contributed by atoms with van der Waals surface area (Å²) in [6, 6.07) is 0. The molecule has 1 N–H and O–H groups in total. The summed E-state index contributed by atoms with van der Waals surface area (Å²) < 4.78 is 5.78. The third kappa shape index (κ3) is 13.9. The second-order valence-corrected chi connectivity index (χ2v) is 6.08. The number of unbranched alkanes of at least 4 members (excludes halogenated alkanes) is 5. The maximum atomic E-state index is 5.78. The minimum atomic E-state index is 0.192. The normalized spacial score (nSPS) is 13.9. The molecule has 0 fully saturated rings. The minimum absolute atomic E-state index is 0.192. The number of ether oxygens (including phenoxy) is 1. The monoisotopic (exact) mass is 243 g/mol. The standard InChI is InChI=1S/C15H33NO/c1-6-7-8-9-10-11-12-17-14(2)13-16-15(3,4)5/h14,16H,6-13H2,1-5H3. The lowest BCUT2D eigenvalue weighted by molar-refractivity contribution is 0.0588. The first-order chi connectivity index (χ1) is 7.95. The van der Waals surface area contributed by atoms with Crippen molar-refractivity contribution in [1.82, 2.24) is 5.32 Å².